The van der Waals surface area contributed by atoms with Crippen molar-refractivity contribution in [1.82, 2.24) is 0 Å². The molecular weight excluding hydrogens is 196 g/mol. The lowest BCUT2D eigenvalue weighted by molar-refractivity contribution is 0.0469. The summed E-state index contributed by atoms with van der Waals surface area (Å²) in [4.78, 5) is 0. The Hall–Kier alpha value is -0.0400. The lowest BCUT2D eigenvalue weighted by Gasteiger charge is -2.34. The van der Waals surface area contributed by atoms with Crippen LogP contribution < -0.4 is 0 Å². The lowest BCUT2D eigenvalue weighted by atomic mass is 9.71. The minimum Gasteiger partial charge on any atom is -0.389 e. The zero-order valence-corrected chi connectivity index (χ0v) is 11.2. The van der Waals surface area contributed by atoms with Gasteiger partial charge in [0.05, 0.1) is 5.60 Å². The van der Waals surface area contributed by atoms with Crippen molar-refractivity contribution in [1.29, 1.82) is 0 Å². The fourth-order valence-electron chi connectivity index (χ4n) is 5.44. The van der Waals surface area contributed by atoms with Crippen LogP contribution in [0, 0.1) is 28.6 Å². The van der Waals surface area contributed by atoms with E-state index in [1.807, 2.05) is 0 Å². The first kappa shape index (κ1) is 11.1. The van der Waals surface area contributed by atoms with Gasteiger partial charge in [-0.15, -0.1) is 0 Å². The Labute approximate surface area is 99.6 Å². The Morgan fingerprint density at radius 3 is 2.38 bits per heavy atom. The van der Waals surface area contributed by atoms with E-state index in [2.05, 4.69) is 27.7 Å². The zero-order chi connectivity index (χ0) is 11.8. The van der Waals surface area contributed by atoms with Gasteiger partial charge in [0.15, 0.2) is 0 Å². The molecule has 0 spiro atoms. The van der Waals surface area contributed by atoms with Gasteiger partial charge in [0.1, 0.15) is 0 Å². The Morgan fingerprint density at radius 2 is 1.69 bits per heavy atom. The summed E-state index contributed by atoms with van der Waals surface area (Å²) in [7, 11) is 0. The molecule has 0 aromatic carbocycles. The second-order valence-electron chi connectivity index (χ2n) is 7.60. The highest BCUT2D eigenvalue weighted by molar-refractivity contribution is 5.27. The van der Waals surface area contributed by atoms with Crippen LogP contribution in [-0.2, 0) is 0 Å². The molecule has 0 heterocycles. The molecule has 5 atom stereocenters. The average Bonchev–Trinajstić information content (AvgIpc) is 2.56. The van der Waals surface area contributed by atoms with Gasteiger partial charge in [-0.05, 0) is 49.4 Å². The quantitative estimate of drug-likeness (QED) is 0.664. The van der Waals surface area contributed by atoms with Crippen LogP contribution in [0.1, 0.15) is 59.8 Å². The summed E-state index contributed by atoms with van der Waals surface area (Å²) in [6, 6.07) is 0. The summed E-state index contributed by atoms with van der Waals surface area (Å²) in [5.74, 6) is 2.31. The molecule has 0 amide bonds. The highest BCUT2D eigenvalue weighted by atomic mass is 16.3. The second kappa shape index (κ2) is 2.85. The van der Waals surface area contributed by atoms with Crippen molar-refractivity contribution >= 4 is 0 Å². The molecule has 0 saturated heterocycles. The molecule has 1 heteroatoms. The monoisotopic (exact) mass is 222 g/mol. The molecular formula is C15H26O. The van der Waals surface area contributed by atoms with Gasteiger partial charge in [0.2, 0.25) is 0 Å². The first-order valence-electron chi connectivity index (χ1n) is 7.05. The van der Waals surface area contributed by atoms with E-state index in [1.165, 1.54) is 32.1 Å². The van der Waals surface area contributed by atoms with Gasteiger partial charge in [-0.25, -0.2) is 0 Å². The molecule has 3 saturated carbocycles. The molecule has 3 aliphatic carbocycles. The molecule has 0 radical (unpaired) electrons. The molecule has 3 aliphatic rings. The van der Waals surface area contributed by atoms with Gasteiger partial charge in [0, 0.05) is 5.41 Å². The van der Waals surface area contributed by atoms with Gasteiger partial charge >= 0.3 is 0 Å². The third kappa shape index (κ3) is 1.02. The smallest absolute Gasteiger partial charge is 0.0719 e. The van der Waals surface area contributed by atoms with E-state index in [1.54, 1.807) is 0 Å². The predicted molar refractivity (Wildman–Crippen MR) is 66.1 cm³/mol. The van der Waals surface area contributed by atoms with Crippen LogP contribution in [0.5, 0.6) is 0 Å². The maximum Gasteiger partial charge on any atom is 0.0719 e. The third-order valence-electron chi connectivity index (χ3n) is 6.89. The van der Waals surface area contributed by atoms with Crippen LogP contribution in [0.25, 0.3) is 0 Å². The van der Waals surface area contributed by atoms with Gasteiger partial charge in [-0.3, -0.25) is 0 Å². The molecule has 1 N–H and O–H groups in total. The summed E-state index contributed by atoms with van der Waals surface area (Å²) in [5.41, 5.74) is 0.0828. The van der Waals surface area contributed by atoms with Gasteiger partial charge < -0.3 is 5.11 Å². The van der Waals surface area contributed by atoms with Crippen molar-refractivity contribution < 1.29 is 5.11 Å². The van der Waals surface area contributed by atoms with Crippen molar-refractivity contribution in [3.05, 3.63) is 0 Å². The van der Waals surface area contributed by atoms with Crippen molar-refractivity contribution in [2.24, 2.45) is 28.6 Å². The highest BCUT2D eigenvalue weighted by Gasteiger charge is 2.78. The fraction of sp³-hybridized carbons (Fsp3) is 1.00. The van der Waals surface area contributed by atoms with E-state index in [4.69, 9.17) is 0 Å². The molecule has 0 aromatic rings. The number of aliphatic hydroxyl groups is 1. The highest BCUT2D eigenvalue weighted by Crippen LogP contribution is 2.77. The van der Waals surface area contributed by atoms with Gasteiger partial charge in [-0.1, -0.05) is 33.6 Å². The molecule has 16 heavy (non-hydrogen) atoms. The van der Waals surface area contributed by atoms with Crippen molar-refractivity contribution in [3.63, 3.8) is 0 Å². The van der Waals surface area contributed by atoms with Crippen LogP contribution >= 0.6 is 0 Å². The minimum atomic E-state index is -0.399. The molecule has 1 nitrogen and oxygen atoms in total. The SMILES string of the molecule is CC1(C)CCC2CCCC2C2C(C)(O)C21C. The normalized spacial score (nSPS) is 58.7. The van der Waals surface area contributed by atoms with Crippen molar-refractivity contribution in [2.75, 3.05) is 0 Å². The largest absolute Gasteiger partial charge is 0.389 e. The van der Waals surface area contributed by atoms with Crippen LogP contribution in [0.15, 0.2) is 0 Å². The topological polar surface area (TPSA) is 20.2 Å². The maximum atomic E-state index is 10.8. The zero-order valence-electron chi connectivity index (χ0n) is 11.2. The summed E-state index contributed by atoms with van der Waals surface area (Å²) in [6.07, 6.45) is 6.90. The molecule has 3 fully saturated rings. The predicted octanol–water partition coefficient (Wildman–Crippen LogP) is 3.61. The average molecular weight is 222 g/mol. The number of fused-ring (bicyclic) bond motifs is 3. The van der Waals surface area contributed by atoms with E-state index < -0.39 is 5.60 Å². The van der Waals surface area contributed by atoms with Crippen molar-refractivity contribution in [2.45, 2.75) is 65.4 Å². The van der Waals surface area contributed by atoms with E-state index in [-0.39, 0.29) is 5.41 Å². The molecule has 0 aromatic heterocycles. The third-order valence-corrected chi connectivity index (χ3v) is 6.89. The standard InChI is InChI=1S/C15H26O/c1-13(2)9-8-10-6-5-7-11(10)12-14(13,3)15(12,4)16/h10-12,16H,5-9H2,1-4H3. The molecule has 0 aliphatic heterocycles. The molecule has 5 unspecified atom stereocenters. The van der Waals surface area contributed by atoms with Gasteiger partial charge in [-0.2, -0.15) is 0 Å². The second-order valence-corrected chi connectivity index (χ2v) is 7.60. The van der Waals surface area contributed by atoms with Gasteiger partial charge in [0.25, 0.3) is 0 Å². The summed E-state index contributed by atoms with van der Waals surface area (Å²) in [6.45, 7) is 9.20. The van der Waals surface area contributed by atoms with E-state index in [0.29, 0.717) is 11.3 Å². The van der Waals surface area contributed by atoms with Crippen LogP contribution in [0.2, 0.25) is 0 Å². The van der Waals surface area contributed by atoms with Crippen LogP contribution in [-0.4, -0.2) is 10.7 Å². The van der Waals surface area contributed by atoms with E-state index in [0.717, 1.165) is 11.8 Å². The molecule has 3 rings (SSSR count). The van der Waals surface area contributed by atoms with Crippen molar-refractivity contribution in [3.8, 4) is 0 Å². The van der Waals surface area contributed by atoms with E-state index >= 15 is 0 Å². The summed E-state index contributed by atoms with van der Waals surface area (Å²) < 4.78 is 0. The molecule has 0 bridgehead atoms. The lowest BCUT2D eigenvalue weighted by Crippen LogP contribution is -2.30. The molecule has 92 valence electrons. The number of hydrogen-bond donors (Lipinski definition) is 1. The number of hydrogen-bond acceptors (Lipinski definition) is 1. The Balaban J connectivity index is 2.01. The summed E-state index contributed by atoms with van der Waals surface area (Å²) in [5, 5.41) is 10.8. The van der Waals surface area contributed by atoms with E-state index in [9.17, 15) is 5.11 Å². The fourth-order valence-corrected chi connectivity index (χ4v) is 5.44. The number of rotatable bonds is 0. The summed E-state index contributed by atoms with van der Waals surface area (Å²) >= 11 is 0. The Kier molecular flexibility index (Phi) is 1.98. The first-order chi connectivity index (χ1) is 7.32. The first-order valence-corrected chi connectivity index (χ1v) is 7.05. The maximum absolute atomic E-state index is 10.8. The minimum absolute atomic E-state index is 0.170. The van der Waals surface area contributed by atoms with Crippen LogP contribution in [0.4, 0.5) is 0 Å². The Morgan fingerprint density at radius 1 is 1.00 bits per heavy atom. The van der Waals surface area contributed by atoms with Crippen LogP contribution in [0.3, 0.4) is 0 Å². The Bertz CT molecular complexity index is 317.